The molecule has 1 aliphatic heterocycles. The Bertz CT molecular complexity index is 279. The first-order chi connectivity index (χ1) is 6.36. The molecule has 0 aliphatic carbocycles. The minimum Gasteiger partial charge on any atom is -0.344 e. The first-order valence-electron chi connectivity index (χ1n) is 4.93. The number of hydrogen-bond acceptors (Lipinski definition) is 0. The van der Waals surface area contributed by atoms with Crippen molar-refractivity contribution in [2.24, 2.45) is 0 Å². The minimum absolute atomic E-state index is 0.764. The smallest absolute Gasteiger partial charge is 0.0902 e. The molecule has 0 unspecified atom stereocenters. The van der Waals surface area contributed by atoms with Crippen molar-refractivity contribution in [3.8, 4) is 0 Å². The summed E-state index contributed by atoms with van der Waals surface area (Å²) < 4.78 is 0. The van der Waals surface area contributed by atoms with Crippen molar-refractivity contribution in [1.82, 2.24) is 0 Å². The lowest BCUT2D eigenvalue weighted by molar-refractivity contribution is -0.669. The average Bonchev–Trinajstić information content (AvgIpc) is 2.61. The van der Waals surface area contributed by atoms with Gasteiger partial charge in [0.05, 0.1) is 12.6 Å². The van der Waals surface area contributed by atoms with Crippen LogP contribution in [0.3, 0.4) is 0 Å². The highest BCUT2D eigenvalue weighted by Gasteiger charge is 2.19. The predicted octanol–water partition coefficient (Wildman–Crippen LogP) is 1.61. The molecule has 13 heavy (non-hydrogen) atoms. The summed E-state index contributed by atoms with van der Waals surface area (Å²) in [6.45, 7) is 1.29. The Morgan fingerprint density at radius 1 is 1.38 bits per heavy atom. The Labute approximate surface area is 84.1 Å². The highest BCUT2D eigenvalue weighted by atomic mass is 35.5. The fourth-order valence-corrected chi connectivity index (χ4v) is 2.20. The van der Waals surface area contributed by atoms with E-state index in [0.717, 1.165) is 17.5 Å². The molecule has 0 saturated carbocycles. The summed E-state index contributed by atoms with van der Waals surface area (Å²) in [6, 6.07) is 8.93. The normalized spacial score (nSPS) is 22.1. The molecule has 1 aromatic rings. The van der Waals surface area contributed by atoms with Crippen LogP contribution in [0.4, 0.5) is 0 Å². The van der Waals surface area contributed by atoms with Gasteiger partial charge in [0.15, 0.2) is 0 Å². The Kier molecular flexibility index (Phi) is 2.87. The Hall–Kier alpha value is -0.530. The van der Waals surface area contributed by atoms with Crippen molar-refractivity contribution in [1.29, 1.82) is 0 Å². The number of halogens is 1. The van der Waals surface area contributed by atoms with E-state index in [4.69, 9.17) is 11.6 Å². The van der Waals surface area contributed by atoms with Crippen molar-refractivity contribution >= 4 is 11.6 Å². The number of hydrogen-bond donors (Lipinski definition) is 1. The molecule has 1 nitrogen and oxygen atoms in total. The van der Waals surface area contributed by atoms with E-state index in [2.05, 4.69) is 17.4 Å². The summed E-state index contributed by atoms with van der Waals surface area (Å²) in [5.74, 6) is 0. The van der Waals surface area contributed by atoms with Gasteiger partial charge in [-0.2, -0.15) is 0 Å². The van der Waals surface area contributed by atoms with E-state index >= 15 is 0 Å². The molecular weight excluding hydrogens is 182 g/mol. The van der Waals surface area contributed by atoms with Crippen LogP contribution in [0.25, 0.3) is 0 Å². The second-order valence-corrected chi connectivity index (χ2v) is 4.13. The Balaban J connectivity index is 2.04. The van der Waals surface area contributed by atoms with Gasteiger partial charge < -0.3 is 5.32 Å². The molecule has 0 bridgehead atoms. The highest BCUT2D eigenvalue weighted by molar-refractivity contribution is 6.31. The van der Waals surface area contributed by atoms with Crippen LogP contribution in [-0.4, -0.2) is 12.6 Å². The van der Waals surface area contributed by atoms with Gasteiger partial charge in [0, 0.05) is 24.3 Å². The maximum atomic E-state index is 6.09. The van der Waals surface area contributed by atoms with Gasteiger partial charge >= 0.3 is 0 Å². The van der Waals surface area contributed by atoms with Gasteiger partial charge in [-0.3, -0.25) is 0 Å². The lowest BCUT2D eigenvalue weighted by Gasteiger charge is -2.08. The van der Waals surface area contributed by atoms with Crippen LogP contribution in [0.5, 0.6) is 0 Å². The standard InChI is InChI=1S/C11H14ClN/c12-11-6-2-1-4-9(11)8-10-5-3-7-13-10/h1-2,4,6,10,13H,3,5,7-8H2/p+1/t10-/m0/s1. The number of benzene rings is 1. The molecule has 0 spiro atoms. The third-order valence-corrected chi connectivity index (χ3v) is 3.09. The number of nitrogens with two attached hydrogens (primary N) is 1. The van der Waals surface area contributed by atoms with Crippen molar-refractivity contribution < 1.29 is 5.32 Å². The fraction of sp³-hybridized carbons (Fsp3) is 0.455. The summed E-state index contributed by atoms with van der Waals surface area (Å²) in [5, 5.41) is 3.35. The van der Waals surface area contributed by atoms with E-state index in [1.54, 1.807) is 0 Å². The van der Waals surface area contributed by atoms with Crippen molar-refractivity contribution in [3.63, 3.8) is 0 Å². The van der Waals surface area contributed by atoms with Gasteiger partial charge in [-0.05, 0) is 11.6 Å². The van der Waals surface area contributed by atoms with Gasteiger partial charge in [-0.25, -0.2) is 0 Å². The quantitative estimate of drug-likeness (QED) is 0.741. The first-order valence-corrected chi connectivity index (χ1v) is 5.31. The molecule has 2 rings (SSSR count). The van der Waals surface area contributed by atoms with Gasteiger partial charge in [0.2, 0.25) is 0 Å². The lowest BCUT2D eigenvalue weighted by atomic mass is 10.0. The molecule has 2 heteroatoms. The van der Waals surface area contributed by atoms with Crippen LogP contribution in [0.2, 0.25) is 5.02 Å². The van der Waals surface area contributed by atoms with Crippen molar-refractivity contribution in [2.45, 2.75) is 25.3 Å². The average molecular weight is 197 g/mol. The molecule has 0 radical (unpaired) electrons. The van der Waals surface area contributed by atoms with E-state index in [0.29, 0.717) is 0 Å². The SMILES string of the molecule is Clc1ccccc1C[C@@H]1CCC[NH2+]1. The monoisotopic (exact) mass is 196 g/mol. The largest absolute Gasteiger partial charge is 0.344 e. The van der Waals surface area contributed by atoms with Crippen LogP contribution in [0.1, 0.15) is 18.4 Å². The van der Waals surface area contributed by atoms with E-state index in [1.807, 2.05) is 12.1 Å². The topological polar surface area (TPSA) is 16.6 Å². The third-order valence-electron chi connectivity index (χ3n) is 2.72. The zero-order chi connectivity index (χ0) is 9.10. The Morgan fingerprint density at radius 2 is 2.23 bits per heavy atom. The molecular formula is C11H15ClN+. The molecule has 1 atom stereocenters. The maximum absolute atomic E-state index is 6.09. The predicted molar refractivity (Wildman–Crippen MR) is 55.0 cm³/mol. The van der Waals surface area contributed by atoms with Crippen molar-refractivity contribution in [2.75, 3.05) is 6.54 Å². The minimum atomic E-state index is 0.764. The molecule has 70 valence electrons. The second-order valence-electron chi connectivity index (χ2n) is 3.72. The number of rotatable bonds is 2. The van der Waals surface area contributed by atoms with Crippen LogP contribution < -0.4 is 5.32 Å². The fourth-order valence-electron chi connectivity index (χ4n) is 1.98. The summed E-state index contributed by atoms with van der Waals surface area (Å²) in [5.41, 5.74) is 1.30. The molecule has 2 N–H and O–H groups in total. The summed E-state index contributed by atoms with van der Waals surface area (Å²) >= 11 is 6.09. The van der Waals surface area contributed by atoms with Crippen LogP contribution in [-0.2, 0) is 6.42 Å². The molecule has 1 fully saturated rings. The van der Waals surface area contributed by atoms with E-state index in [-0.39, 0.29) is 0 Å². The van der Waals surface area contributed by atoms with E-state index in [9.17, 15) is 0 Å². The maximum Gasteiger partial charge on any atom is 0.0902 e. The van der Waals surface area contributed by atoms with E-state index < -0.39 is 0 Å². The zero-order valence-corrected chi connectivity index (χ0v) is 8.43. The van der Waals surface area contributed by atoms with Crippen LogP contribution >= 0.6 is 11.6 Å². The molecule has 0 amide bonds. The molecule has 1 aromatic carbocycles. The van der Waals surface area contributed by atoms with Gasteiger partial charge in [0.1, 0.15) is 0 Å². The third kappa shape index (κ3) is 2.23. The summed E-state index contributed by atoms with van der Waals surface area (Å²) in [4.78, 5) is 0. The van der Waals surface area contributed by atoms with Gasteiger partial charge in [-0.15, -0.1) is 0 Å². The lowest BCUT2D eigenvalue weighted by Crippen LogP contribution is -2.87. The van der Waals surface area contributed by atoms with Crippen LogP contribution in [0.15, 0.2) is 24.3 Å². The number of quaternary nitrogens is 1. The first kappa shape index (κ1) is 9.04. The summed E-state index contributed by atoms with van der Waals surface area (Å²) in [7, 11) is 0. The zero-order valence-electron chi connectivity index (χ0n) is 7.67. The van der Waals surface area contributed by atoms with Gasteiger partial charge in [0.25, 0.3) is 0 Å². The molecule has 1 saturated heterocycles. The summed E-state index contributed by atoms with van der Waals surface area (Å²) in [6.07, 6.45) is 3.82. The van der Waals surface area contributed by atoms with Crippen molar-refractivity contribution in [3.05, 3.63) is 34.9 Å². The second kappa shape index (κ2) is 4.12. The van der Waals surface area contributed by atoms with Gasteiger partial charge in [-0.1, -0.05) is 29.8 Å². The molecule has 1 aliphatic rings. The van der Waals surface area contributed by atoms with Crippen LogP contribution in [0, 0.1) is 0 Å². The molecule has 0 aromatic heterocycles. The molecule has 1 heterocycles. The van der Waals surface area contributed by atoms with E-state index in [1.165, 1.54) is 24.9 Å². The highest BCUT2D eigenvalue weighted by Crippen LogP contribution is 2.17. The Morgan fingerprint density at radius 3 is 2.92 bits per heavy atom.